The Hall–Kier alpha value is -0.463. The first-order chi connectivity index (χ1) is 8.96. The fourth-order valence-corrected chi connectivity index (χ4v) is 5.84. The summed E-state index contributed by atoms with van der Waals surface area (Å²) in [4.78, 5) is 12.1. The van der Waals surface area contributed by atoms with E-state index in [0.29, 0.717) is 6.42 Å². The Morgan fingerprint density at radius 2 is 1.90 bits per heavy atom. The second-order valence-electron chi connectivity index (χ2n) is 7.34. The summed E-state index contributed by atoms with van der Waals surface area (Å²) in [5.41, 5.74) is 0. The van der Waals surface area contributed by atoms with Crippen LogP contribution in [-0.4, -0.2) is 39.6 Å². The third-order valence-corrected chi connectivity index (χ3v) is 11.4. The first kappa shape index (κ1) is 15.9. The van der Waals surface area contributed by atoms with Crippen LogP contribution in [0.1, 0.15) is 27.2 Å². The molecule has 20 heavy (non-hydrogen) atoms. The number of hydrogen-bond acceptors (Lipinski definition) is 4. The summed E-state index contributed by atoms with van der Waals surface area (Å²) in [6.07, 6.45) is 3.81. The minimum Gasteiger partial charge on any atom is -0.410 e. The Morgan fingerprint density at radius 1 is 1.30 bits per heavy atom. The van der Waals surface area contributed by atoms with Gasteiger partial charge in [-0.25, -0.2) is 8.42 Å². The quantitative estimate of drug-likeness (QED) is 0.579. The van der Waals surface area contributed by atoms with Gasteiger partial charge in [0.15, 0.2) is 23.9 Å². The zero-order valence-electron chi connectivity index (χ0n) is 12.8. The van der Waals surface area contributed by atoms with Crippen molar-refractivity contribution in [3.63, 3.8) is 0 Å². The highest BCUT2D eigenvalue weighted by Gasteiger charge is 2.52. The van der Waals surface area contributed by atoms with E-state index in [9.17, 15) is 13.2 Å². The van der Waals surface area contributed by atoms with E-state index in [1.807, 2.05) is 12.2 Å². The molecule has 0 spiro atoms. The SMILES string of the molecule is CC(C)(C)[Si](C)(C)OC1C=CCC2C1C(=O)CS2(=O)=O. The standard InChI is InChI=1S/C14H24O4SSi/c1-14(2,3)20(4,5)18-11-7-6-8-12-13(11)10(15)9-19(12,16)17/h6-7,11-13H,8-9H2,1-5H3. The second-order valence-corrected chi connectivity index (χ2v) is 14.3. The molecule has 0 aromatic carbocycles. The van der Waals surface area contributed by atoms with Gasteiger partial charge in [0, 0.05) is 0 Å². The molecule has 0 saturated carbocycles. The fraction of sp³-hybridized carbons (Fsp3) is 0.786. The van der Waals surface area contributed by atoms with Gasteiger partial charge in [-0.05, 0) is 24.6 Å². The molecular weight excluding hydrogens is 292 g/mol. The number of Topliss-reactive ketones (excluding diaryl/α,β-unsaturated/α-hetero) is 1. The van der Waals surface area contributed by atoms with Crippen molar-refractivity contribution in [2.24, 2.45) is 5.92 Å². The lowest BCUT2D eigenvalue weighted by Gasteiger charge is -2.41. The maximum atomic E-state index is 12.1. The molecule has 0 N–H and O–H groups in total. The van der Waals surface area contributed by atoms with E-state index >= 15 is 0 Å². The molecule has 3 atom stereocenters. The molecule has 0 bridgehead atoms. The third-order valence-electron chi connectivity index (χ3n) is 4.86. The molecule has 1 heterocycles. The maximum Gasteiger partial charge on any atom is 0.192 e. The largest absolute Gasteiger partial charge is 0.410 e. The maximum absolute atomic E-state index is 12.1. The summed E-state index contributed by atoms with van der Waals surface area (Å²) in [6.45, 7) is 10.7. The fourth-order valence-electron chi connectivity index (χ4n) is 2.62. The van der Waals surface area contributed by atoms with Crippen LogP contribution in [0.2, 0.25) is 18.1 Å². The Balaban J connectivity index is 2.28. The molecule has 3 unspecified atom stereocenters. The Labute approximate surface area is 122 Å². The van der Waals surface area contributed by atoms with Crippen LogP contribution in [0.3, 0.4) is 0 Å². The molecule has 1 aliphatic carbocycles. The zero-order chi connectivity index (χ0) is 15.3. The number of ketones is 1. The highest BCUT2D eigenvalue weighted by molar-refractivity contribution is 7.93. The molecule has 0 aromatic rings. The molecule has 0 amide bonds. The highest BCUT2D eigenvalue weighted by Crippen LogP contribution is 2.41. The van der Waals surface area contributed by atoms with Crippen molar-refractivity contribution in [2.45, 2.75) is 56.7 Å². The number of allylic oxidation sites excluding steroid dienone is 1. The van der Waals surface area contributed by atoms with Gasteiger partial charge in [-0.3, -0.25) is 4.79 Å². The monoisotopic (exact) mass is 316 g/mol. The van der Waals surface area contributed by atoms with E-state index in [2.05, 4.69) is 33.9 Å². The van der Waals surface area contributed by atoms with Gasteiger partial charge >= 0.3 is 0 Å². The van der Waals surface area contributed by atoms with Crippen molar-refractivity contribution in [1.29, 1.82) is 0 Å². The smallest absolute Gasteiger partial charge is 0.192 e. The molecule has 0 radical (unpaired) electrons. The van der Waals surface area contributed by atoms with E-state index in [0.717, 1.165) is 0 Å². The van der Waals surface area contributed by atoms with Gasteiger partial charge in [0.25, 0.3) is 0 Å². The first-order valence-corrected chi connectivity index (χ1v) is 11.7. The van der Waals surface area contributed by atoms with Gasteiger partial charge in [0.1, 0.15) is 5.75 Å². The number of carbonyl (C=O) groups excluding carboxylic acids is 1. The van der Waals surface area contributed by atoms with Crippen LogP contribution in [0.5, 0.6) is 0 Å². The highest BCUT2D eigenvalue weighted by atomic mass is 32.2. The average molecular weight is 316 g/mol. The molecule has 2 aliphatic rings. The van der Waals surface area contributed by atoms with Crippen molar-refractivity contribution in [1.82, 2.24) is 0 Å². The molecule has 114 valence electrons. The summed E-state index contributed by atoms with van der Waals surface area (Å²) in [5.74, 6) is -0.997. The summed E-state index contributed by atoms with van der Waals surface area (Å²) < 4.78 is 30.3. The lowest BCUT2D eigenvalue weighted by molar-refractivity contribution is -0.121. The molecule has 1 aliphatic heterocycles. The van der Waals surface area contributed by atoms with E-state index < -0.39 is 29.3 Å². The summed E-state index contributed by atoms with van der Waals surface area (Å²) in [5, 5.41) is -0.538. The van der Waals surface area contributed by atoms with Gasteiger partial charge in [-0.2, -0.15) is 0 Å². The average Bonchev–Trinajstić information content (AvgIpc) is 2.48. The summed E-state index contributed by atoms with van der Waals surface area (Å²) >= 11 is 0. The molecule has 1 fully saturated rings. The Kier molecular flexibility index (Phi) is 3.80. The van der Waals surface area contributed by atoms with Gasteiger partial charge in [0.05, 0.1) is 17.3 Å². The van der Waals surface area contributed by atoms with Gasteiger partial charge in [-0.1, -0.05) is 32.9 Å². The second kappa shape index (κ2) is 4.78. The van der Waals surface area contributed by atoms with Gasteiger partial charge < -0.3 is 4.43 Å². The van der Waals surface area contributed by atoms with Crippen LogP contribution in [0.15, 0.2) is 12.2 Å². The van der Waals surface area contributed by atoms with Crippen LogP contribution >= 0.6 is 0 Å². The zero-order valence-corrected chi connectivity index (χ0v) is 14.7. The number of fused-ring (bicyclic) bond motifs is 1. The predicted octanol–water partition coefficient (Wildman–Crippen LogP) is 2.32. The van der Waals surface area contributed by atoms with Crippen molar-refractivity contribution >= 4 is 23.9 Å². The van der Waals surface area contributed by atoms with Gasteiger partial charge in [-0.15, -0.1) is 0 Å². The lowest BCUT2D eigenvalue weighted by atomic mass is 9.88. The lowest BCUT2D eigenvalue weighted by Crippen LogP contribution is -2.48. The number of sulfone groups is 1. The Morgan fingerprint density at radius 3 is 2.45 bits per heavy atom. The van der Waals surface area contributed by atoms with E-state index in [4.69, 9.17) is 4.43 Å². The van der Waals surface area contributed by atoms with E-state index in [1.165, 1.54) is 0 Å². The van der Waals surface area contributed by atoms with Crippen LogP contribution in [0.25, 0.3) is 0 Å². The van der Waals surface area contributed by atoms with Crippen molar-refractivity contribution in [3.8, 4) is 0 Å². The summed E-state index contributed by atoms with van der Waals surface area (Å²) in [7, 11) is -5.31. The summed E-state index contributed by atoms with van der Waals surface area (Å²) in [6, 6.07) is 0. The Bertz CT molecular complexity index is 542. The first-order valence-electron chi connectivity index (χ1n) is 7.04. The minimum atomic E-state index is -3.29. The number of carbonyl (C=O) groups is 1. The molecular formula is C14H24O4SSi. The number of rotatable bonds is 2. The minimum absolute atomic E-state index is 0.0360. The predicted molar refractivity (Wildman–Crippen MR) is 81.9 cm³/mol. The normalized spacial score (nSPS) is 33.2. The topological polar surface area (TPSA) is 60.4 Å². The molecule has 1 saturated heterocycles. The number of hydrogen-bond donors (Lipinski definition) is 0. The third kappa shape index (κ3) is 2.65. The van der Waals surface area contributed by atoms with Crippen molar-refractivity contribution in [3.05, 3.63) is 12.2 Å². The van der Waals surface area contributed by atoms with Crippen LogP contribution in [-0.2, 0) is 19.1 Å². The van der Waals surface area contributed by atoms with Gasteiger partial charge in [0.2, 0.25) is 0 Å². The molecule has 4 nitrogen and oxygen atoms in total. The van der Waals surface area contributed by atoms with Crippen LogP contribution in [0.4, 0.5) is 0 Å². The van der Waals surface area contributed by atoms with E-state index in [1.54, 1.807) is 0 Å². The van der Waals surface area contributed by atoms with Crippen molar-refractivity contribution < 1.29 is 17.6 Å². The van der Waals surface area contributed by atoms with Crippen LogP contribution in [0, 0.1) is 5.92 Å². The van der Waals surface area contributed by atoms with Crippen LogP contribution < -0.4 is 0 Å². The molecule has 6 heteroatoms. The molecule has 0 aromatic heterocycles. The van der Waals surface area contributed by atoms with E-state index in [-0.39, 0.29) is 22.7 Å². The van der Waals surface area contributed by atoms with Crippen molar-refractivity contribution in [2.75, 3.05) is 5.75 Å². The molecule has 2 rings (SSSR count).